The third-order valence-electron chi connectivity index (χ3n) is 4.45. The molecule has 0 bridgehead atoms. The average Bonchev–Trinajstić information content (AvgIpc) is 3.22. The van der Waals surface area contributed by atoms with Gasteiger partial charge in [-0.25, -0.2) is 4.98 Å². The van der Waals surface area contributed by atoms with Crippen LogP contribution in [0.25, 0.3) is 0 Å². The fourth-order valence-electron chi connectivity index (χ4n) is 3.23. The van der Waals surface area contributed by atoms with E-state index in [9.17, 15) is 4.79 Å². The first kappa shape index (κ1) is 13.9. The lowest BCUT2D eigenvalue weighted by Crippen LogP contribution is -2.38. The van der Waals surface area contributed by atoms with Crippen LogP contribution in [0.15, 0.2) is 4.42 Å². The summed E-state index contributed by atoms with van der Waals surface area (Å²) in [6, 6.07) is 0. The number of likely N-dealkylation sites (tertiary alicyclic amines) is 1. The summed E-state index contributed by atoms with van der Waals surface area (Å²) in [7, 11) is 0. The number of aryl methyl sites for hydroxylation is 3. The molecular weight excluding hydrogens is 300 g/mol. The van der Waals surface area contributed by atoms with E-state index < -0.39 is 0 Å². The van der Waals surface area contributed by atoms with Crippen molar-refractivity contribution >= 4 is 17.2 Å². The highest BCUT2D eigenvalue weighted by molar-refractivity contribution is 7.11. The number of thiazole rings is 1. The zero-order valence-corrected chi connectivity index (χ0v) is 13.4. The number of piperidine rings is 1. The zero-order chi connectivity index (χ0) is 15.1. The highest BCUT2D eigenvalue weighted by Crippen LogP contribution is 2.36. The maximum absolute atomic E-state index is 12.3. The molecule has 0 N–H and O–H groups in total. The maximum Gasteiger partial charge on any atom is 0.311 e. The van der Waals surface area contributed by atoms with Crippen LogP contribution >= 0.6 is 11.3 Å². The van der Waals surface area contributed by atoms with Gasteiger partial charge in [-0.1, -0.05) is 0 Å². The van der Waals surface area contributed by atoms with Gasteiger partial charge in [0.2, 0.25) is 5.89 Å². The Morgan fingerprint density at radius 3 is 2.77 bits per heavy atom. The quantitative estimate of drug-likeness (QED) is 0.850. The monoisotopic (exact) mass is 318 g/mol. The summed E-state index contributed by atoms with van der Waals surface area (Å²) in [6.45, 7) is 3.15. The van der Waals surface area contributed by atoms with Crippen molar-refractivity contribution in [2.45, 2.75) is 44.9 Å². The Labute approximate surface area is 132 Å². The molecule has 0 saturated carbocycles. The molecule has 0 unspecified atom stereocenters. The largest absolute Gasteiger partial charge is 0.417 e. The minimum absolute atomic E-state index is 0.101. The minimum atomic E-state index is -0.152. The summed E-state index contributed by atoms with van der Waals surface area (Å²) in [6.07, 6.45) is 5.52. The summed E-state index contributed by atoms with van der Waals surface area (Å²) in [4.78, 5) is 20.4. The smallest absolute Gasteiger partial charge is 0.311 e. The van der Waals surface area contributed by atoms with E-state index in [1.807, 2.05) is 16.2 Å². The van der Waals surface area contributed by atoms with Crippen molar-refractivity contribution in [1.29, 1.82) is 0 Å². The molecule has 0 atom stereocenters. The summed E-state index contributed by atoms with van der Waals surface area (Å²) >= 11 is 1.88. The van der Waals surface area contributed by atoms with Crippen molar-refractivity contribution in [2.75, 3.05) is 13.1 Å². The molecule has 0 spiro atoms. The van der Waals surface area contributed by atoms with E-state index in [1.54, 1.807) is 6.92 Å². The first-order valence-corrected chi connectivity index (χ1v) is 8.60. The molecule has 116 valence electrons. The van der Waals surface area contributed by atoms with Crippen LogP contribution in [-0.2, 0) is 12.8 Å². The molecule has 2 aliphatic rings. The standard InChI is InChI=1S/C15H18N4O2S/c1-9-17-18-13(21-9)15(20)19-7-5-10(6-8-19)14-16-11-3-2-4-12(11)22-14/h10H,2-8H2,1H3. The van der Waals surface area contributed by atoms with Crippen molar-refractivity contribution in [3.8, 4) is 0 Å². The number of hydrogen-bond donors (Lipinski definition) is 0. The van der Waals surface area contributed by atoms with E-state index in [1.165, 1.54) is 28.4 Å². The first-order chi connectivity index (χ1) is 10.7. The second kappa shape index (κ2) is 5.46. The molecule has 2 aromatic rings. The molecule has 4 rings (SSSR count). The highest BCUT2D eigenvalue weighted by atomic mass is 32.1. The molecule has 22 heavy (non-hydrogen) atoms. The normalized spacial score (nSPS) is 18.7. The summed E-state index contributed by atoms with van der Waals surface area (Å²) < 4.78 is 5.23. The molecule has 1 saturated heterocycles. The molecule has 1 aliphatic carbocycles. The lowest BCUT2D eigenvalue weighted by molar-refractivity contribution is 0.0671. The second-order valence-electron chi connectivity index (χ2n) is 5.97. The van der Waals surface area contributed by atoms with Crippen LogP contribution in [0.1, 0.15) is 57.3 Å². The average molecular weight is 318 g/mol. The van der Waals surface area contributed by atoms with Gasteiger partial charge < -0.3 is 9.32 Å². The van der Waals surface area contributed by atoms with Gasteiger partial charge in [-0.05, 0) is 32.1 Å². The molecule has 6 nitrogen and oxygen atoms in total. The van der Waals surface area contributed by atoms with Crippen LogP contribution < -0.4 is 0 Å². The van der Waals surface area contributed by atoms with Crippen molar-refractivity contribution in [1.82, 2.24) is 20.1 Å². The fourth-order valence-corrected chi connectivity index (χ4v) is 4.56. The van der Waals surface area contributed by atoms with Crippen molar-refractivity contribution in [3.63, 3.8) is 0 Å². The third-order valence-corrected chi connectivity index (χ3v) is 5.77. The van der Waals surface area contributed by atoms with E-state index in [0.29, 0.717) is 11.8 Å². The van der Waals surface area contributed by atoms with E-state index in [4.69, 9.17) is 9.40 Å². The van der Waals surface area contributed by atoms with Crippen molar-refractivity contribution < 1.29 is 9.21 Å². The highest BCUT2D eigenvalue weighted by Gasteiger charge is 2.29. The summed E-state index contributed by atoms with van der Waals surface area (Å²) in [5.74, 6) is 0.865. The number of hydrogen-bond acceptors (Lipinski definition) is 6. The number of amides is 1. The Bertz CT molecular complexity index is 679. The Morgan fingerprint density at radius 2 is 2.09 bits per heavy atom. The SMILES string of the molecule is Cc1nnc(C(=O)N2CCC(c3nc4c(s3)CCC4)CC2)o1. The van der Waals surface area contributed by atoms with Gasteiger partial charge in [0.1, 0.15) is 0 Å². The number of fused-ring (bicyclic) bond motifs is 1. The summed E-state index contributed by atoms with van der Waals surface area (Å²) in [5, 5.41) is 8.80. The predicted octanol–water partition coefficient (Wildman–Crippen LogP) is 2.34. The number of carbonyl (C=O) groups excluding carboxylic acids is 1. The molecule has 1 fully saturated rings. The maximum atomic E-state index is 12.3. The fraction of sp³-hybridized carbons (Fsp3) is 0.600. The topological polar surface area (TPSA) is 72.1 Å². The van der Waals surface area contributed by atoms with Crippen molar-refractivity contribution in [2.24, 2.45) is 0 Å². The van der Waals surface area contributed by atoms with Gasteiger partial charge in [-0.2, -0.15) is 0 Å². The number of carbonyl (C=O) groups is 1. The Morgan fingerprint density at radius 1 is 1.27 bits per heavy atom. The molecular formula is C15H18N4O2S. The summed E-state index contributed by atoms with van der Waals surface area (Å²) in [5.41, 5.74) is 1.32. The van der Waals surface area contributed by atoms with Gasteiger partial charge in [-0.15, -0.1) is 21.5 Å². The number of rotatable bonds is 2. The molecule has 3 heterocycles. The van der Waals surface area contributed by atoms with Crippen LogP contribution in [0.3, 0.4) is 0 Å². The van der Waals surface area contributed by atoms with Gasteiger partial charge in [-0.3, -0.25) is 4.79 Å². The van der Waals surface area contributed by atoms with E-state index >= 15 is 0 Å². The second-order valence-corrected chi connectivity index (χ2v) is 7.08. The zero-order valence-electron chi connectivity index (χ0n) is 12.5. The van der Waals surface area contributed by atoms with Gasteiger partial charge in [0.05, 0.1) is 10.7 Å². The molecule has 1 aliphatic heterocycles. The molecule has 2 aromatic heterocycles. The lowest BCUT2D eigenvalue weighted by Gasteiger charge is -2.30. The van der Waals surface area contributed by atoms with Crippen LogP contribution in [0.4, 0.5) is 0 Å². The van der Waals surface area contributed by atoms with Crippen molar-refractivity contribution in [3.05, 3.63) is 27.4 Å². The van der Waals surface area contributed by atoms with Gasteiger partial charge in [0.15, 0.2) is 0 Å². The number of nitrogens with zero attached hydrogens (tertiary/aromatic N) is 4. The minimum Gasteiger partial charge on any atom is -0.417 e. The Kier molecular flexibility index (Phi) is 3.44. The van der Waals surface area contributed by atoms with Gasteiger partial charge in [0.25, 0.3) is 0 Å². The predicted molar refractivity (Wildman–Crippen MR) is 81.1 cm³/mol. The van der Waals surface area contributed by atoms with E-state index in [-0.39, 0.29) is 11.8 Å². The van der Waals surface area contributed by atoms with Crippen LogP contribution in [0.5, 0.6) is 0 Å². The van der Waals surface area contributed by atoms with Gasteiger partial charge >= 0.3 is 11.8 Å². The molecule has 1 amide bonds. The van der Waals surface area contributed by atoms with Crippen LogP contribution in [0, 0.1) is 6.92 Å². The first-order valence-electron chi connectivity index (χ1n) is 7.78. The lowest BCUT2D eigenvalue weighted by atomic mass is 9.97. The van der Waals surface area contributed by atoms with Gasteiger partial charge in [0, 0.05) is 30.8 Å². The molecule has 0 aromatic carbocycles. The third kappa shape index (κ3) is 2.43. The Balaban J connectivity index is 1.40. The van der Waals surface area contributed by atoms with E-state index in [2.05, 4.69) is 10.2 Å². The number of aromatic nitrogens is 3. The van der Waals surface area contributed by atoms with Crippen LogP contribution in [-0.4, -0.2) is 39.1 Å². The Hall–Kier alpha value is -1.76. The van der Waals surface area contributed by atoms with E-state index in [0.717, 1.165) is 32.4 Å². The van der Waals surface area contributed by atoms with Crippen LogP contribution in [0.2, 0.25) is 0 Å². The molecule has 0 radical (unpaired) electrons. The molecule has 7 heteroatoms.